The summed E-state index contributed by atoms with van der Waals surface area (Å²) in [6, 6.07) is 4.49. The van der Waals surface area contributed by atoms with Crippen LogP contribution in [0, 0.1) is 0 Å². The Labute approximate surface area is 85.7 Å². The van der Waals surface area contributed by atoms with E-state index in [2.05, 4.69) is 30.2 Å². The number of nitrogens with one attached hydrogen (secondary N) is 1. The average molecular weight is 193 g/mol. The lowest BCUT2D eigenvalue weighted by molar-refractivity contribution is 0.516. The second kappa shape index (κ2) is 4.96. The van der Waals surface area contributed by atoms with E-state index < -0.39 is 0 Å². The van der Waals surface area contributed by atoms with Gasteiger partial charge < -0.3 is 11.1 Å². The molecule has 3 N–H and O–H groups in total. The number of pyridine rings is 1. The van der Waals surface area contributed by atoms with E-state index in [9.17, 15) is 0 Å². The van der Waals surface area contributed by atoms with Crippen molar-refractivity contribution in [3.8, 4) is 0 Å². The zero-order valence-electron chi connectivity index (χ0n) is 9.12. The first-order chi connectivity index (χ1) is 6.65. The minimum Gasteiger partial charge on any atom is -0.383 e. The summed E-state index contributed by atoms with van der Waals surface area (Å²) in [5.41, 5.74) is 6.95. The minimum atomic E-state index is 0.450. The van der Waals surface area contributed by atoms with Crippen LogP contribution in [0.3, 0.4) is 0 Å². The van der Waals surface area contributed by atoms with Gasteiger partial charge in [0.1, 0.15) is 5.82 Å². The highest BCUT2D eigenvalue weighted by atomic mass is 14.9. The molecule has 3 nitrogen and oxygen atoms in total. The van der Waals surface area contributed by atoms with Crippen LogP contribution in [-0.4, -0.2) is 18.1 Å². The Bertz CT molecular complexity index is 286. The lowest BCUT2D eigenvalue weighted by atomic mass is 9.95. The average Bonchev–Trinajstić information content (AvgIpc) is 2.18. The molecule has 1 aromatic rings. The first-order valence-corrected chi connectivity index (χ1v) is 5.02. The molecule has 0 aliphatic carbocycles. The third-order valence-corrected chi connectivity index (χ3v) is 2.60. The molecule has 0 aromatic carbocycles. The van der Waals surface area contributed by atoms with Crippen molar-refractivity contribution in [2.24, 2.45) is 0 Å². The maximum atomic E-state index is 5.81. The number of rotatable bonds is 4. The van der Waals surface area contributed by atoms with Crippen LogP contribution in [0.1, 0.15) is 31.7 Å². The van der Waals surface area contributed by atoms with Crippen molar-refractivity contribution in [1.29, 1.82) is 0 Å². The van der Waals surface area contributed by atoms with Gasteiger partial charge in [-0.2, -0.15) is 0 Å². The monoisotopic (exact) mass is 193 g/mol. The van der Waals surface area contributed by atoms with Gasteiger partial charge in [-0.05, 0) is 37.9 Å². The summed E-state index contributed by atoms with van der Waals surface area (Å²) < 4.78 is 0. The van der Waals surface area contributed by atoms with Crippen molar-refractivity contribution in [1.82, 2.24) is 10.3 Å². The van der Waals surface area contributed by atoms with Gasteiger partial charge in [0.2, 0.25) is 0 Å². The standard InChI is InChI=1S/C11H19N3/c1-8(7-9(2)13-3)10-5-4-6-14-11(10)12/h4-6,8-9,13H,7H2,1-3H3,(H2,12,14). The number of nitrogens with zero attached hydrogens (tertiary/aromatic N) is 1. The largest absolute Gasteiger partial charge is 0.383 e. The van der Waals surface area contributed by atoms with Gasteiger partial charge in [0, 0.05) is 12.2 Å². The Morgan fingerprint density at radius 2 is 2.21 bits per heavy atom. The van der Waals surface area contributed by atoms with Crippen molar-refractivity contribution in [3.63, 3.8) is 0 Å². The Morgan fingerprint density at radius 1 is 1.50 bits per heavy atom. The first kappa shape index (κ1) is 11.0. The van der Waals surface area contributed by atoms with Crippen LogP contribution in [0.5, 0.6) is 0 Å². The Morgan fingerprint density at radius 3 is 2.79 bits per heavy atom. The summed E-state index contributed by atoms with van der Waals surface area (Å²) in [5, 5.41) is 3.22. The summed E-state index contributed by atoms with van der Waals surface area (Å²) in [6.07, 6.45) is 2.81. The number of nitrogens with two attached hydrogens (primary N) is 1. The van der Waals surface area contributed by atoms with E-state index in [1.54, 1.807) is 6.20 Å². The molecule has 0 aliphatic heterocycles. The van der Waals surface area contributed by atoms with Crippen LogP contribution in [0.4, 0.5) is 5.82 Å². The van der Waals surface area contributed by atoms with E-state index in [0.717, 1.165) is 12.0 Å². The fourth-order valence-electron chi connectivity index (χ4n) is 1.62. The fourth-order valence-corrected chi connectivity index (χ4v) is 1.62. The molecule has 14 heavy (non-hydrogen) atoms. The number of hydrogen-bond donors (Lipinski definition) is 2. The molecular formula is C11H19N3. The summed E-state index contributed by atoms with van der Waals surface area (Å²) >= 11 is 0. The second-order valence-electron chi connectivity index (χ2n) is 3.80. The molecule has 3 heteroatoms. The maximum absolute atomic E-state index is 5.81. The smallest absolute Gasteiger partial charge is 0.126 e. The number of aromatic nitrogens is 1. The van der Waals surface area contributed by atoms with E-state index in [1.807, 2.05) is 13.1 Å². The SMILES string of the molecule is CNC(C)CC(C)c1cccnc1N. The van der Waals surface area contributed by atoms with Crippen LogP contribution >= 0.6 is 0 Å². The van der Waals surface area contributed by atoms with Crippen molar-refractivity contribution in [2.75, 3.05) is 12.8 Å². The van der Waals surface area contributed by atoms with Crippen LogP contribution < -0.4 is 11.1 Å². The molecule has 0 radical (unpaired) electrons. The predicted octanol–water partition coefficient (Wildman–Crippen LogP) is 1.77. The predicted molar refractivity (Wildman–Crippen MR) is 60.2 cm³/mol. The molecule has 0 saturated heterocycles. The van der Waals surface area contributed by atoms with E-state index in [1.165, 1.54) is 0 Å². The molecule has 0 aliphatic rings. The van der Waals surface area contributed by atoms with Crippen LogP contribution in [0.2, 0.25) is 0 Å². The third kappa shape index (κ3) is 2.70. The lowest BCUT2D eigenvalue weighted by Gasteiger charge is -2.17. The van der Waals surface area contributed by atoms with Crippen molar-refractivity contribution >= 4 is 5.82 Å². The molecule has 1 rings (SSSR count). The van der Waals surface area contributed by atoms with Crippen molar-refractivity contribution in [2.45, 2.75) is 32.2 Å². The van der Waals surface area contributed by atoms with Crippen LogP contribution in [0.15, 0.2) is 18.3 Å². The Balaban J connectivity index is 2.69. The molecule has 0 bridgehead atoms. The summed E-state index contributed by atoms with van der Waals surface area (Å²) in [6.45, 7) is 4.35. The molecule has 78 valence electrons. The van der Waals surface area contributed by atoms with Gasteiger partial charge in [0.25, 0.3) is 0 Å². The quantitative estimate of drug-likeness (QED) is 0.766. The Hall–Kier alpha value is -1.09. The minimum absolute atomic E-state index is 0.450. The molecule has 1 aromatic heterocycles. The van der Waals surface area contributed by atoms with Gasteiger partial charge in [0.05, 0.1) is 0 Å². The highest BCUT2D eigenvalue weighted by Gasteiger charge is 2.11. The van der Waals surface area contributed by atoms with Gasteiger partial charge in [-0.1, -0.05) is 13.0 Å². The van der Waals surface area contributed by atoms with Gasteiger partial charge >= 0.3 is 0 Å². The number of nitrogen functional groups attached to an aromatic ring is 1. The molecule has 0 saturated carbocycles. The molecule has 1 heterocycles. The van der Waals surface area contributed by atoms with Crippen LogP contribution in [-0.2, 0) is 0 Å². The summed E-state index contributed by atoms with van der Waals surface area (Å²) in [4.78, 5) is 4.09. The maximum Gasteiger partial charge on any atom is 0.126 e. The normalized spacial score (nSPS) is 15.1. The molecule has 0 fully saturated rings. The summed E-state index contributed by atoms with van der Waals surface area (Å²) in [7, 11) is 1.98. The first-order valence-electron chi connectivity index (χ1n) is 5.02. The lowest BCUT2D eigenvalue weighted by Crippen LogP contribution is -2.23. The van der Waals surface area contributed by atoms with Gasteiger partial charge in [-0.15, -0.1) is 0 Å². The highest BCUT2D eigenvalue weighted by molar-refractivity contribution is 5.40. The van der Waals surface area contributed by atoms with Gasteiger partial charge in [0.15, 0.2) is 0 Å². The van der Waals surface area contributed by atoms with Crippen molar-refractivity contribution < 1.29 is 0 Å². The van der Waals surface area contributed by atoms with E-state index >= 15 is 0 Å². The zero-order chi connectivity index (χ0) is 10.6. The fraction of sp³-hybridized carbons (Fsp3) is 0.545. The molecular weight excluding hydrogens is 174 g/mol. The zero-order valence-corrected chi connectivity index (χ0v) is 9.12. The van der Waals surface area contributed by atoms with Gasteiger partial charge in [-0.25, -0.2) is 4.98 Å². The topological polar surface area (TPSA) is 50.9 Å². The van der Waals surface area contributed by atoms with E-state index in [4.69, 9.17) is 5.73 Å². The van der Waals surface area contributed by atoms with Crippen molar-refractivity contribution in [3.05, 3.63) is 23.9 Å². The summed E-state index contributed by atoms with van der Waals surface area (Å²) in [5.74, 6) is 1.11. The molecule has 0 spiro atoms. The molecule has 0 amide bonds. The molecule has 2 unspecified atom stereocenters. The van der Waals surface area contributed by atoms with E-state index in [-0.39, 0.29) is 0 Å². The second-order valence-corrected chi connectivity index (χ2v) is 3.80. The van der Waals surface area contributed by atoms with Crippen LogP contribution in [0.25, 0.3) is 0 Å². The van der Waals surface area contributed by atoms with Gasteiger partial charge in [-0.3, -0.25) is 0 Å². The van der Waals surface area contributed by atoms with E-state index in [0.29, 0.717) is 17.8 Å². The highest BCUT2D eigenvalue weighted by Crippen LogP contribution is 2.23. The Kier molecular flexibility index (Phi) is 3.89. The number of anilines is 1. The number of hydrogen-bond acceptors (Lipinski definition) is 3. The third-order valence-electron chi connectivity index (χ3n) is 2.60. The molecule has 2 atom stereocenters.